The van der Waals surface area contributed by atoms with Crippen molar-refractivity contribution in [1.29, 1.82) is 0 Å². The second-order valence-electron chi connectivity index (χ2n) is 8.19. The van der Waals surface area contributed by atoms with Crippen molar-refractivity contribution in [2.75, 3.05) is 33.4 Å². The fourth-order valence-corrected chi connectivity index (χ4v) is 4.03. The Morgan fingerprint density at radius 3 is 2.43 bits per heavy atom. The lowest BCUT2D eigenvalue weighted by Gasteiger charge is -2.33. The first-order valence-electron chi connectivity index (χ1n) is 10.7. The molecule has 160 valence electrons. The van der Waals surface area contributed by atoms with Gasteiger partial charge in [-0.1, -0.05) is 26.7 Å². The predicted octanol–water partition coefficient (Wildman–Crippen LogP) is 2.85. The summed E-state index contributed by atoms with van der Waals surface area (Å²) in [5.74, 6) is 0.516. The molecule has 1 aliphatic heterocycles. The highest BCUT2D eigenvalue weighted by Crippen LogP contribution is 2.17. The lowest BCUT2D eigenvalue weighted by Crippen LogP contribution is -2.49. The largest absolute Gasteiger partial charge is 0.383 e. The SMILES string of the molecule is COCCn1nc(C)c(CNC(=O)NC[C@H](C(C)C)N2CCCCCC2)c1C. The standard InChI is InChI=1S/C21H39N5O2/c1-16(2)20(25-10-8-6-7-9-11-25)15-23-21(27)22-14-19-17(3)24-26(18(19)4)12-13-28-5/h16,20H,6-15H2,1-5H3,(H2,22,23,27)/t20-/m1/s1. The van der Waals surface area contributed by atoms with E-state index in [-0.39, 0.29) is 6.03 Å². The first-order valence-corrected chi connectivity index (χ1v) is 10.7. The lowest BCUT2D eigenvalue weighted by molar-refractivity contribution is 0.157. The number of ether oxygens (including phenoxy) is 1. The summed E-state index contributed by atoms with van der Waals surface area (Å²) in [6, 6.07) is 0.285. The predicted molar refractivity (Wildman–Crippen MR) is 112 cm³/mol. The van der Waals surface area contributed by atoms with E-state index in [0.29, 0.717) is 31.7 Å². The Kier molecular flexibility index (Phi) is 9.25. The number of hydrogen-bond acceptors (Lipinski definition) is 4. The maximum absolute atomic E-state index is 12.4. The van der Waals surface area contributed by atoms with Crippen molar-refractivity contribution in [2.24, 2.45) is 5.92 Å². The Morgan fingerprint density at radius 1 is 1.14 bits per heavy atom. The van der Waals surface area contributed by atoms with Crippen LogP contribution in [0.25, 0.3) is 0 Å². The summed E-state index contributed by atoms with van der Waals surface area (Å²) >= 11 is 0. The second kappa shape index (κ2) is 11.4. The smallest absolute Gasteiger partial charge is 0.315 e. The first kappa shape index (κ1) is 22.7. The monoisotopic (exact) mass is 393 g/mol. The van der Waals surface area contributed by atoms with Crippen molar-refractivity contribution in [3.63, 3.8) is 0 Å². The van der Waals surface area contributed by atoms with Crippen molar-refractivity contribution in [3.8, 4) is 0 Å². The topological polar surface area (TPSA) is 71.4 Å². The summed E-state index contributed by atoms with van der Waals surface area (Å²) in [6.45, 7) is 13.3. The zero-order chi connectivity index (χ0) is 20.5. The van der Waals surface area contributed by atoms with Gasteiger partial charge >= 0.3 is 6.03 Å². The minimum absolute atomic E-state index is 0.107. The quantitative estimate of drug-likeness (QED) is 0.677. The number of carbonyl (C=O) groups excluding carboxylic acids is 1. The minimum Gasteiger partial charge on any atom is -0.383 e. The van der Waals surface area contributed by atoms with Crippen LogP contribution in [0.15, 0.2) is 0 Å². The summed E-state index contributed by atoms with van der Waals surface area (Å²) in [6.07, 6.45) is 5.18. The molecule has 2 rings (SSSR count). The van der Waals surface area contributed by atoms with E-state index in [1.807, 2.05) is 18.5 Å². The number of methoxy groups -OCH3 is 1. The summed E-state index contributed by atoms with van der Waals surface area (Å²) in [5.41, 5.74) is 3.12. The molecule has 1 fully saturated rings. The third kappa shape index (κ3) is 6.48. The van der Waals surface area contributed by atoms with Gasteiger partial charge in [0.05, 0.1) is 18.8 Å². The average molecular weight is 394 g/mol. The summed E-state index contributed by atoms with van der Waals surface area (Å²) in [4.78, 5) is 15.0. The zero-order valence-electron chi connectivity index (χ0n) is 18.4. The number of aryl methyl sites for hydroxylation is 1. The summed E-state index contributed by atoms with van der Waals surface area (Å²) < 4.78 is 7.08. The van der Waals surface area contributed by atoms with Crippen LogP contribution in [0.1, 0.15) is 56.5 Å². The molecular formula is C21H39N5O2. The molecule has 1 atom stereocenters. The molecule has 0 unspecified atom stereocenters. The zero-order valence-corrected chi connectivity index (χ0v) is 18.4. The Balaban J connectivity index is 1.85. The first-order chi connectivity index (χ1) is 13.4. The maximum atomic E-state index is 12.4. The van der Waals surface area contributed by atoms with E-state index in [1.54, 1.807) is 7.11 Å². The number of likely N-dealkylation sites (tertiary alicyclic amines) is 1. The molecule has 2 N–H and O–H groups in total. The Bertz CT molecular complexity index is 606. The normalized spacial score (nSPS) is 16.8. The van der Waals surface area contributed by atoms with Crippen LogP contribution in [0.3, 0.4) is 0 Å². The van der Waals surface area contributed by atoms with Crippen LogP contribution >= 0.6 is 0 Å². The van der Waals surface area contributed by atoms with Crippen LogP contribution < -0.4 is 10.6 Å². The van der Waals surface area contributed by atoms with Gasteiger partial charge in [0, 0.05) is 37.5 Å². The molecule has 1 aromatic heterocycles. The van der Waals surface area contributed by atoms with E-state index >= 15 is 0 Å². The molecule has 2 heterocycles. The highest BCUT2D eigenvalue weighted by molar-refractivity contribution is 5.73. The van der Waals surface area contributed by atoms with Gasteiger partial charge in [-0.2, -0.15) is 5.10 Å². The second-order valence-corrected chi connectivity index (χ2v) is 8.19. The molecule has 0 radical (unpaired) electrons. The fourth-order valence-electron chi connectivity index (χ4n) is 4.03. The Labute approximate surface area is 170 Å². The number of hydrogen-bond donors (Lipinski definition) is 2. The van der Waals surface area contributed by atoms with Crippen molar-refractivity contribution in [2.45, 2.75) is 72.5 Å². The molecular weight excluding hydrogens is 354 g/mol. The van der Waals surface area contributed by atoms with Crippen molar-refractivity contribution in [1.82, 2.24) is 25.3 Å². The van der Waals surface area contributed by atoms with Gasteiger partial charge in [-0.05, 0) is 45.7 Å². The number of aromatic nitrogens is 2. The highest BCUT2D eigenvalue weighted by Gasteiger charge is 2.23. The van der Waals surface area contributed by atoms with Crippen LogP contribution in [0, 0.1) is 19.8 Å². The number of rotatable bonds is 9. The van der Waals surface area contributed by atoms with Gasteiger partial charge in [-0.25, -0.2) is 4.79 Å². The molecule has 0 aliphatic carbocycles. The number of amides is 2. The van der Waals surface area contributed by atoms with Crippen LogP contribution in [0.2, 0.25) is 0 Å². The van der Waals surface area contributed by atoms with Crippen molar-refractivity contribution < 1.29 is 9.53 Å². The van der Waals surface area contributed by atoms with Crippen LogP contribution in [0.5, 0.6) is 0 Å². The van der Waals surface area contributed by atoms with E-state index < -0.39 is 0 Å². The number of nitrogens with zero attached hydrogens (tertiary/aromatic N) is 3. The summed E-state index contributed by atoms with van der Waals surface area (Å²) in [5, 5.41) is 10.7. The molecule has 7 heteroatoms. The highest BCUT2D eigenvalue weighted by atomic mass is 16.5. The molecule has 0 aromatic carbocycles. The van der Waals surface area contributed by atoms with E-state index in [0.717, 1.165) is 36.6 Å². The number of carbonyl (C=O) groups is 1. The van der Waals surface area contributed by atoms with E-state index in [4.69, 9.17) is 4.74 Å². The molecule has 1 aromatic rings. The van der Waals surface area contributed by atoms with Gasteiger partial charge in [0.2, 0.25) is 0 Å². The number of urea groups is 1. The van der Waals surface area contributed by atoms with E-state index in [2.05, 4.69) is 34.5 Å². The van der Waals surface area contributed by atoms with Crippen LogP contribution in [-0.2, 0) is 17.8 Å². The molecule has 0 spiro atoms. The van der Waals surface area contributed by atoms with Crippen LogP contribution in [0.4, 0.5) is 4.79 Å². The molecule has 0 saturated carbocycles. The lowest BCUT2D eigenvalue weighted by atomic mass is 10.0. The molecule has 2 amide bonds. The molecule has 7 nitrogen and oxygen atoms in total. The molecule has 0 bridgehead atoms. The Morgan fingerprint density at radius 2 is 1.82 bits per heavy atom. The molecule has 1 saturated heterocycles. The number of nitrogens with one attached hydrogen (secondary N) is 2. The third-order valence-corrected chi connectivity index (χ3v) is 5.82. The molecule has 1 aliphatic rings. The van der Waals surface area contributed by atoms with Crippen molar-refractivity contribution in [3.05, 3.63) is 17.0 Å². The fraction of sp³-hybridized carbons (Fsp3) is 0.810. The van der Waals surface area contributed by atoms with E-state index in [1.165, 1.54) is 25.7 Å². The molecule has 28 heavy (non-hydrogen) atoms. The van der Waals surface area contributed by atoms with Gasteiger partial charge in [-0.15, -0.1) is 0 Å². The van der Waals surface area contributed by atoms with Gasteiger partial charge < -0.3 is 15.4 Å². The maximum Gasteiger partial charge on any atom is 0.315 e. The summed E-state index contributed by atoms with van der Waals surface area (Å²) in [7, 11) is 1.69. The average Bonchev–Trinajstić information content (AvgIpc) is 2.84. The minimum atomic E-state index is -0.107. The third-order valence-electron chi connectivity index (χ3n) is 5.82. The van der Waals surface area contributed by atoms with Gasteiger partial charge in [0.25, 0.3) is 0 Å². The van der Waals surface area contributed by atoms with Gasteiger partial charge in [0.1, 0.15) is 0 Å². The Hall–Kier alpha value is -1.60. The van der Waals surface area contributed by atoms with E-state index in [9.17, 15) is 4.79 Å². The van der Waals surface area contributed by atoms with Gasteiger partial charge in [0.15, 0.2) is 0 Å². The van der Waals surface area contributed by atoms with Crippen molar-refractivity contribution >= 4 is 6.03 Å². The van der Waals surface area contributed by atoms with Gasteiger partial charge in [-0.3, -0.25) is 9.58 Å². The van der Waals surface area contributed by atoms with Crippen LogP contribution in [-0.4, -0.2) is 60.1 Å².